The highest BCUT2D eigenvalue weighted by Crippen LogP contribution is 2.19. The molecule has 0 aromatic carbocycles. The second kappa shape index (κ2) is 5.52. The highest BCUT2D eigenvalue weighted by atomic mass is 16.4. The Morgan fingerprint density at radius 2 is 2.17 bits per heavy atom. The molecule has 1 heterocycles. The SMILES string of the molecule is CC(C)(C)[C@@H](NC(=O)NCc1cn[nH]c1)C(=O)O. The van der Waals surface area contributed by atoms with E-state index in [0.29, 0.717) is 6.54 Å². The van der Waals surface area contributed by atoms with Crippen LogP contribution in [-0.2, 0) is 11.3 Å². The molecule has 100 valence electrons. The van der Waals surface area contributed by atoms with Gasteiger partial charge in [0.25, 0.3) is 0 Å². The summed E-state index contributed by atoms with van der Waals surface area (Å²) in [5, 5.41) is 20.4. The summed E-state index contributed by atoms with van der Waals surface area (Å²) in [6.07, 6.45) is 3.23. The molecular formula is C11H18N4O3. The first-order valence-corrected chi connectivity index (χ1v) is 5.55. The average Bonchev–Trinajstić information content (AvgIpc) is 2.73. The van der Waals surface area contributed by atoms with E-state index in [0.717, 1.165) is 5.56 Å². The number of carbonyl (C=O) groups is 2. The van der Waals surface area contributed by atoms with Gasteiger partial charge in [0.1, 0.15) is 6.04 Å². The van der Waals surface area contributed by atoms with Crippen LogP contribution in [0.1, 0.15) is 26.3 Å². The molecule has 2 amide bonds. The molecule has 0 aliphatic rings. The van der Waals surface area contributed by atoms with E-state index in [4.69, 9.17) is 5.11 Å². The highest BCUT2D eigenvalue weighted by molar-refractivity contribution is 5.83. The number of carboxylic acids is 1. The summed E-state index contributed by atoms with van der Waals surface area (Å²) in [7, 11) is 0. The Kier molecular flexibility index (Phi) is 4.30. The van der Waals surface area contributed by atoms with Crippen molar-refractivity contribution < 1.29 is 14.7 Å². The van der Waals surface area contributed by atoms with Crippen molar-refractivity contribution >= 4 is 12.0 Å². The lowest BCUT2D eigenvalue weighted by molar-refractivity contribution is -0.141. The number of aromatic nitrogens is 2. The van der Waals surface area contributed by atoms with Gasteiger partial charge >= 0.3 is 12.0 Å². The Morgan fingerprint density at radius 1 is 1.50 bits per heavy atom. The van der Waals surface area contributed by atoms with E-state index in [9.17, 15) is 9.59 Å². The van der Waals surface area contributed by atoms with E-state index < -0.39 is 23.5 Å². The molecule has 1 atom stereocenters. The molecule has 0 fully saturated rings. The Hall–Kier alpha value is -2.05. The largest absolute Gasteiger partial charge is 0.480 e. The summed E-state index contributed by atoms with van der Waals surface area (Å²) in [6, 6.07) is -1.46. The number of nitrogens with zero attached hydrogens (tertiary/aromatic N) is 1. The van der Waals surface area contributed by atoms with E-state index in [1.54, 1.807) is 33.2 Å². The second-order valence-electron chi connectivity index (χ2n) is 5.07. The molecule has 4 N–H and O–H groups in total. The summed E-state index contributed by atoms with van der Waals surface area (Å²) in [5.41, 5.74) is 0.256. The van der Waals surface area contributed by atoms with Gasteiger partial charge in [0.15, 0.2) is 0 Å². The van der Waals surface area contributed by atoms with Crippen molar-refractivity contribution in [1.29, 1.82) is 0 Å². The van der Waals surface area contributed by atoms with E-state index in [1.807, 2.05) is 0 Å². The summed E-state index contributed by atoms with van der Waals surface area (Å²) in [6.45, 7) is 5.55. The molecule has 0 unspecified atom stereocenters. The molecule has 1 rings (SSSR count). The number of hydrogen-bond donors (Lipinski definition) is 4. The normalized spacial score (nSPS) is 12.8. The molecule has 0 spiro atoms. The molecule has 7 nitrogen and oxygen atoms in total. The van der Waals surface area contributed by atoms with E-state index >= 15 is 0 Å². The van der Waals surface area contributed by atoms with Crippen LogP contribution in [-0.4, -0.2) is 33.3 Å². The highest BCUT2D eigenvalue weighted by Gasteiger charge is 2.32. The van der Waals surface area contributed by atoms with Gasteiger partial charge in [-0.1, -0.05) is 20.8 Å². The monoisotopic (exact) mass is 254 g/mol. The Bertz CT molecular complexity index is 408. The number of amides is 2. The third-order valence-corrected chi connectivity index (χ3v) is 2.40. The predicted octanol–water partition coefficient (Wildman–Crippen LogP) is 0.708. The summed E-state index contributed by atoms with van der Waals surface area (Å²) in [4.78, 5) is 22.6. The van der Waals surface area contributed by atoms with Crippen LogP contribution in [0.4, 0.5) is 4.79 Å². The Morgan fingerprint density at radius 3 is 2.61 bits per heavy atom. The standard InChI is InChI=1S/C11H18N4O3/c1-11(2,3)8(9(16)17)15-10(18)12-4-7-5-13-14-6-7/h5-6,8H,4H2,1-3H3,(H,13,14)(H,16,17)(H2,12,15,18)/t8-/m0/s1. The third-order valence-electron chi connectivity index (χ3n) is 2.40. The molecular weight excluding hydrogens is 236 g/mol. The Balaban J connectivity index is 2.49. The minimum absolute atomic E-state index is 0.290. The first kappa shape index (κ1) is 14.0. The van der Waals surface area contributed by atoms with Crippen LogP contribution in [0, 0.1) is 5.41 Å². The van der Waals surface area contributed by atoms with Crippen LogP contribution in [0.5, 0.6) is 0 Å². The number of rotatable bonds is 4. The first-order valence-electron chi connectivity index (χ1n) is 5.55. The van der Waals surface area contributed by atoms with Crippen molar-refractivity contribution in [2.24, 2.45) is 5.41 Å². The fourth-order valence-electron chi connectivity index (χ4n) is 1.39. The molecule has 0 radical (unpaired) electrons. The first-order chi connectivity index (χ1) is 8.30. The van der Waals surface area contributed by atoms with Gasteiger partial charge in [0.2, 0.25) is 0 Å². The minimum Gasteiger partial charge on any atom is -0.480 e. The van der Waals surface area contributed by atoms with Crippen LogP contribution in [0.15, 0.2) is 12.4 Å². The molecule has 0 bridgehead atoms. The van der Waals surface area contributed by atoms with Crippen LogP contribution in [0.25, 0.3) is 0 Å². The van der Waals surface area contributed by atoms with Crippen molar-refractivity contribution in [1.82, 2.24) is 20.8 Å². The molecule has 1 aromatic rings. The minimum atomic E-state index is -1.05. The van der Waals surface area contributed by atoms with Gasteiger partial charge in [-0.25, -0.2) is 9.59 Å². The summed E-state index contributed by atoms with van der Waals surface area (Å²) < 4.78 is 0. The van der Waals surface area contributed by atoms with Crippen LogP contribution >= 0.6 is 0 Å². The molecule has 0 aliphatic heterocycles. The zero-order valence-electron chi connectivity index (χ0n) is 10.7. The van der Waals surface area contributed by atoms with Crippen molar-refractivity contribution in [3.63, 3.8) is 0 Å². The maximum atomic E-state index is 11.6. The molecule has 7 heteroatoms. The van der Waals surface area contributed by atoms with E-state index in [2.05, 4.69) is 20.8 Å². The lowest BCUT2D eigenvalue weighted by Gasteiger charge is -2.27. The number of carboxylic acid groups (broad SMARTS) is 1. The number of aromatic amines is 1. The lowest BCUT2D eigenvalue weighted by atomic mass is 9.87. The number of hydrogen-bond acceptors (Lipinski definition) is 3. The van der Waals surface area contributed by atoms with E-state index in [-0.39, 0.29) is 0 Å². The smallest absolute Gasteiger partial charge is 0.326 e. The zero-order chi connectivity index (χ0) is 13.8. The van der Waals surface area contributed by atoms with Gasteiger partial charge in [-0.3, -0.25) is 5.10 Å². The second-order valence-corrected chi connectivity index (χ2v) is 5.07. The number of urea groups is 1. The number of nitrogens with one attached hydrogen (secondary N) is 3. The van der Waals surface area contributed by atoms with Crippen LogP contribution < -0.4 is 10.6 Å². The van der Waals surface area contributed by atoms with Crippen molar-refractivity contribution in [3.05, 3.63) is 18.0 Å². The summed E-state index contributed by atoms with van der Waals surface area (Å²) >= 11 is 0. The fourth-order valence-corrected chi connectivity index (χ4v) is 1.39. The molecule has 18 heavy (non-hydrogen) atoms. The van der Waals surface area contributed by atoms with E-state index in [1.165, 1.54) is 0 Å². The van der Waals surface area contributed by atoms with Gasteiger partial charge in [0.05, 0.1) is 6.20 Å². The maximum Gasteiger partial charge on any atom is 0.326 e. The lowest BCUT2D eigenvalue weighted by Crippen LogP contribution is -2.52. The van der Waals surface area contributed by atoms with Crippen molar-refractivity contribution in [3.8, 4) is 0 Å². The molecule has 0 saturated carbocycles. The number of carbonyl (C=O) groups excluding carboxylic acids is 1. The number of H-pyrrole nitrogens is 1. The van der Waals surface area contributed by atoms with Gasteiger partial charge in [-0.05, 0) is 5.41 Å². The topological polar surface area (TPSA) is 107 Å². The zero-order valence-corrected chi connectivity index (χ0v) is 10.7. The van der Waals surface area contributed by atoms with Gasteiger partial charge in [-0.15, -0.1) is 0 Å². The van der Waals surface area contributed by atoms with Gasteiger partial charge in [0, 0.05) is 18.3 Å². The molecule has 1 aromatic heterocycles. The van der Waals surface area contributed by atoms with Crippen LogP contribution in [0.2, 0.25) is 0 Å². The van der Waals surface area contributed by atoms with Gasteiger partial charge < -0.3 is 15.7 Å². The quantitative estimate of drug-likeness (QED) is 0.634. The van der Waals surface area contributed by atoms with Crippen molar-refractivity contribution in [2.45, 2.75) is 33.4 Å². The average molecular weight is 254 g/mol. The maximum absolute atomic E-state index is 11.6. The predicted molar refractivity (Wildman–Crippen MR) is 64.8 cm³/mol. The van der Waals surface area contributed by atoms with Crippen LogP contribution in [0.3, 0.4) is 0 Å². The molecule has 0 aliphatic carbocycles. The Labute approximate surface area is 105 Å². The summed E-state index contributed by atoms with van der Waals surface area (Å²) in [5.74, 6) is -1.05. The van der Waals surface area contributed by atoms with Crippen molar-refractivity contribution in [2.75, 3.05) is 0 Å². The number of aliphatic carboxylic acids is 1. The fraction of sp³-hybridized carbons (Fsp3) is 0.545. The third kappa shape index (κ3) is 4.08. The molecule has 0 saturated heterocycles. The van der Waals surface area contributed by atoms with Gasteiger partial charge in [-0.2, -0.15) is 5.10 Å².